The van der Waals surface area contributed by atoms with Crippen LogP contribution in [0, 0.1) is 6.92 Å². The third-order valence-electron chi connectivity index (χ3n) is 4.26. The molecule has 0 aliphatic rings. The molecule has 0 radical (unpaired) electrons. The number of hydrogen-bond donors (Lipinski definition) is 2. The monoisotopic (exact) mass is 516 g/mol. The normalized spacial score (nSPS) is 12.5. The molecule has 27 heavy (non-hydrogen) atoms. The molecule has 0 aliphatic carbocycles. The average molecular weight is 516 g/mol. The zero-order chi connectivity index (χ0) is 18.4. The molecule has 0 bridgehead atoms. The van der Waals surface area contributed by atoms with Crippen molar-refractivity contribution in [3.8, 4) is 0 Å². The highest BCUT2D eigenvalue weighted by Gasteiger charge is 2.09. The molecule has 3 aromatic heterocycles. The summed E-state index contributed by atoms with van der Waals surface area (Å²) in [7, 11) is 1.96. The lowest BCUT2D eigenvalue weighted by molar-refractivity contribution is 0.693. The summed E-state index contributed by atoms with van der Waals surface area (Å²) in [5.41, 5.74) is 1.35. The standard InChI is InChI=1S/C18H24N6S2.HI/c1-13(15-6-8-25-12-15)9-19-18(20-10-16-5-4-7-26-16)21-11-17-23-22-14(2)24(17)3;/h4-8,12-13H,9-11H2,1-3H3,(H2,19,20,21);1H. The molecular formula is C18H25IN6S2. The molecule has 1 atom stereocenters. The maximum Gasteiger partial charge on any atom is 0.192 e. The number of aryl methyl sites for hydroxylation is 1. The lowest BCUT2D eigenvalue weighted by Crippen LogP contribution is -2.38. The van der Waals surface area contributed by atoms with Gasteiger partial charge in [0.05, 0.1) is 6.54 Å². The second-order valence-corrected chi connectivity index (χ2v) is 7.97. The van der Waals surface area contributed by atoms with Crippen LogP contribution in [0.2, 0.25) is 0 Å². The van der Waals surface area contributed by atoms with E-state index in [0.29, 0.717) is 12.5 Å². The molecule has 0 fully saturated rings. The Balaban J connectivity index is 0.00000261. The summed E-state index contributed by atoms with van der Waals surface area (Å²) in [5.74, 6) is 2.96. The summed E-state index contributed by atoms with van der Waals surface area (Å²) in [6.07, 6.45) is 0. The molecule has 0 aliphatic heterocycles. The van der Waals surface area contributed by atoms with Crippen LogP contribution < -0.4 is 10.6 Å². The lowest BCUT2D eigenvalue weighted by Gasteiger charge is -2.15. The largest absolute Gasteiger partial charge is 0.356 e. The fraction of sp³-hybridized carbons (Fsp3) is 0.389. The van der Waals surface area contributed by atoms with Gasteiger partial charge in [0.2, 0.25) is 0 Å². The number of hydrogen-bond acceptors (Lipinski definition) is 5. The van der Waals surface area contributed by atoms with Gasteiger partial charge in [0.25, 0.3) is 0 Å². The number of rotatable bonds is 7. The van der Waals surface area contributed by atoms with E-state index in [1.165, 1.54) is 10.4 Å². The van der Waals surface area contributed by atoms with Crippen molar-refractivity contribution in [3.05, 3.63) is 56.4 Å². The van der Waals surface area contributed by atoms with Gasteiger partial charge in [-0.15, -0.1) is 45.5 Å². The minimum absolute atomic E-state index is 0. The quantitative estimate of drug-likeness (QED) is 0.284. The Labute approximate surface area is 185 Å². The molecule has 0 saturated carbocycles. The van der Waals surface area contributed by atoms with Gasteiger partial charge in [-0.25, -0.2) is 4.99 Å². The van der Waals surface area contributed by atoms with Crippen LogP contribution in [0.4, 0.5) is 0 Å². The van der Waals surface area contributed by atoms with Crippen molar-refractivity contribution in [1.29, 1.82) is 0 Å². The summed E-state index contributed by atoms with van der Waals surface area (Å²) >= 11 is 3.47. The smallest absolute Gasteiger partial charge is 0.192 e. The van der Waals surface area contributed by atoms with Crippen molar-refractivity contribution in [1.82, 2.24) is 25.4 Å². The van der Waals surface area contributed by atoms with Crippen LogP contribution in [0.3, 0.4) is 0 Å². The van der Waals surface area contributed by atoms with E-state index in [2.05, 4.69) is 62.1 Å². The molecule has 0 aromatic carbocycles. The summed E-state index contributed by atoms with van der Waals surface area (Å²) in [5, 5.41) is 21.6. The van der Waals surface area contributed by atoms with Crippen LogP contribution in [0.5, 0.6) is 0 Å². The number of halogens is 1. The lowest BCUT2D eigenvalue weighted by atomic mass is 10.1. The zero-order valence-corrected chi connectivity index (χ0v) is 19.6. The van der Waals surface area contributed by atoms with E-state index in [1.54, 1.807) is 22.7 Å². The SMILES string of the molecule is Cc1nnc(CN=C(NCc2cccs2)NCC(C)c2ccsc2)n1C.I. The van der Waals surface area contributed by atoms with Gasteiger partial charge in [-0.05, 0) is 46.7 Å². The van der Waals surface area contributed by atoms with Crippen molar-refractivity contribution in [2.75, 3.05) is 6.54 Å². The Bertz CT molecular complexity index is 826. The third-order valence-corrected chi connectivity index (χ3v) is 5.84. The first-order valence-electron chi connectivity index (χ1n) is 8.55. The Kier molecular flexibility index (Phi) is 8.71. The first-order chi connectivity index (χ1) is 12.6. The van der Waals surface area contributed by atoms with Crippen molar-refractivity contribution >= 4 is 52.6 Å². The number of nitrogens with one attached hydrogen (secondary N) is 2. The fourth-order valence-electron chi connectivity index (χ4n) is 2.42. The zero-order valence-electron chi connectivity index (χ0n) is 15.7. The predicted octanol–water partition coefficient (Wildman–Crippen LogP) is 3.90. The number of guanidine groups is 1. The molecule has 0 spiro atoms. The highest BCUT2D eigenvalue weighted by Crippen LogP contribution is 2.17. The molecule has 3 rings (SSSR count). The number of nitrogens with zero attached hydrogens (tertiary/aromatic N) is 4. The van der Waals surface area contributed by atoms with Gasteiger partial charge in [-0.1, -0.05) is 13.0 Å². The molecule has 9 heteroatoms. The van der Waals surface area contributed by atoms with Crippen LogP contribution in [0.1, 0.15) is 34.9 Å². The van der Waals surface area contributed by atoms with E-state index in [4.69, 9.17) is 4.99 Å². The Hall–Kier alpha value is -1.46. The molecule has 2 N–H and O–H groups in total. The first kappa shape index (κ1) is 21.8. The van der Waals surface area contributed by atoms with Gasteiger partial charge >= 0.3 is 0 Å². The van der Waals surface area contributed by atoms with Crippen molar-refractivity contribution in [2.45, 2.75) is 32.9 Å². The second-order valence-electron chi connectivity index (χ2n) is 6.16. The minimum atomic E-state index is 0. The van der Waals surface area contributed by atoms with Gasteiger partial charge in [0.1, 0.15) is 12.4 Å². The highest BCUT2D eigenvalue weighted by molar-refractivity contribution is 14.0. The first-order valence-corrected chi connectivity index (χ1v) is 10.4. The Morgan fingerprint density at radius 2 is 2.11 bits per heavy atom. The Morgan fingerprint density at radius 3 is 2.74 bits per heavy atom. The molecule has 3 heterocycles. The van der Waals surface area contributed by atoms with E-state index in [0.717, 1.165) is 30.7 Å². The summed E-state index contributed by atoms with van der Waals surface area (Å²) < 4.78 is 1.97. The topological polar surface area (TPSA) is 67.1 Å². The molecule has 0 amide bonds. The highest BCUT2D eigenvalue weighted by atomic mass is 127. The Morgan fingerprint density at radius 1 is 1.26 bits per heavy atom. The van der Waals surface area contributed by atoms with Gasteiger partial charge in [0, 0.05) is 18.5 Å². The van der Waals surface area contributed by atoms with Crippen molar-refractivity contribution in [3.63, 3.8) is 0 Å². The van der Waals surface area contributed by atoms with Crippen molar-refractivity contribution in [2.24, 2.45) is 12.0 Å². The van der Waals surface area contributed by atoms with Gasteiger partial charge < -0.3 is 15.2 Å². The molecular weight excluding hydrogens is 491 g/mol. The predicted molar refractivity (Wildman–Crippen MR) is 124 cm³/mol. The summed E-state index contributed by atoms with van der Waals surface area (Å²) in [6.45, 7) is 6.23. The van der Waals surface area contributed by atoms with Crippen LogP contribution in [-0.4, -0.2) is 27.3 Å². The van der Waals surface area contributed by atoms with Crippen LogP contribution >= 0.6 is 46.7 Å². The molecule has 1 unspecified atom stereocenters. The summed E-state index contributed by atoms with van der Waals surface area (Å²) in [6, 6.07) is 6.36. The molecule has 3 aromatic rings. The number of thiophene rings is 2. The van der Waals surface area contributed by atoms with Crippen LogP contribution in [0.15, 0.2) is 39.3 Å². The van der Waals surface area contributed by atoms with Gasteiger partial charge in [-0.2, -0.15) is 11.3 Å². The van der Waals surface area contributed by atoms with E-state index in [-0.39, 0.29) is 24.0 Å². The third kappa shape index (κ3) is 6.28. The van der Waals surface area contributed by atoms with Crippen LogP contribution in [0.25, 0.3) is 0 Å². The van der Waals surface area contributed by atoms with Gasteiger partial charge in [0.15, 0.2) is 11.8 Å². The summed E-state index contributed by atoms with van der Waals surface area (Å²) in [4.78, 5) is 5.98. The average Bonchev–Trinajstić information content (AvgIpc) is 3.39. The minimum Gasteiger partial charge on any atom is -0.356 e. The number of aromatic nitrogens is 3. The van der Waals surface area contributed by atoms with E-state index in [1.807, 2.05) is 18.5 Å². The van der Waals surface area contributed by atoms with E-state index >= 15 is 0 Å². The molecule has 6 nitrogen and oxygen atoms in total. The van der Waals surface area contributed by atoms with Crippen molar-refractivity contribution < 1.29 is 0 Å². The maximum absolute atomic E-state index is 4.70. The fourth-order valence-corrected chi connectivity index (χ4v) is 3.85. The van der Waals surface area contributed by atoms with Crippen LogP contribution in [-0.2, 0) is 20.1 Å². The van der Waals surface area contributed by atoms with E-state index in [9.17, 15) is 0 Å². The maximum atomic E-state index is 4.70. The molecule has 146 valence electrons. The number of aliphatic imine (C=N–C) groups is 1. The van der Waals surface area contributed by atoms with Gasteiger partial charge in [-0.3, -0.25) is 0 Å². The second kappa shape index (κ2) is 10.8. The van der Waals surface area contributed by atoms with E-state index < -0.39 is 0 Å². The molecule has 0 saturated heterocycles.